The van der Waals surface area contributed by atoms with E-state index in [9.17, 15) is 0 Å². The Bertz CT molecular complexity index is 775. The maximum Gasteiger partial charge on any atom is 0.150 e. The summed E-state index contributed by atoms with van der Waals surface area (Å²) >= 11 is 4.98. The minimum Gasteiger partial charge on any atom is -0.383 e. The van der Waals surface area contributed by atoms with Crippen molar-refractivity contribution in [3.8, 4) is 0 Å². The molecule has 0 atom stereocenters. The Hall–Kier alpha value is -1.18. The van der Waals surface area contributed by atoms with Crippen molar-refractivity contribution in [2.75, 3.05) is 5.73 Å². The summed E-state index contributed by atoms with van der Waals surface area (Å²) in [5, 5.41) is 3.05. The number of nitrogens with zero attached hydrogens (tertiary/aromatic N) is 3. The molecule has 0 saturated carbocycles. The molecule has 4 nitrogen and oxygen atoms in total. The van der Waals surface area contributed by atoms with Gasteiger partial charge < -0.3 is 5.73 Å². The highest BCUT2D eigenvalue weighted by Crippen LogP contribution is 2.33. The fraction of sp³-hybridized carbons (Fsp3) is 0.308. The van der Waals surface area contributed by atoms with Gasteiger partial charge in [-0.25, -0.2) is 15.0 Å². The molecule has 0 aromatic carbocycles. The van der Waals surface area contributed by atoms with Crippen molar-refractivity contribution in [2.24, 2.45) is 0 Å². The van der Waals surface area contributed by atoms with E-state index in [4.69, 9.17) is 5.73 Å². The van der Waals surface area contributed by atoms with Crippen LogP contribution in [0.4, 0.5) is 5.82 Å². The van der Waals surface area contributed by atoms with Gasteiger partial charge in [-0.1, -0.05) is 11.8 Å². The van der Waals surface area contributed by atoms with Crippen LogP contribution in [0, 0.1) is 20.8 Å². The lowest BCUT2D eigenvalue weighted by Gasteiger charge is -2.02. The number of aryl methyl sites for hydroxylation is 3. The predicted octanol–water partition coefficient (Wildman–Crippen LogP) is 3.95. The number of anilines is 1. The smallest absolute Gasteiger partial charge is 0.150 e. The molecular formula is C13H14N4S3. The second-order valence-electron chi connectivity index (χ2n) is 4.53. The maximum atomic E-state index is 6.08. The van der Waals surface area contributed by atoms with Gasteiger partial charge in [0.25, 0.3) is 0 Å². The van der Waals surface area contributed by atoms with Crippen LogP contribution < -0.4 is 5.73 Å². The molecule has 0 amide bonds. The SMILES string of the molecule is Cc1csc(SCc2nc(N)c3c(C)c(C)sc3n2)n1. The van der Waals surface area contributed by atoms with Gasteiger partial charge in [-0.2, -0.15) is 0 Å². The van der Waals surface area contributed by atoms with E-state index < -0.39 is 0 Å². The van der Waals surface area contributed by atoms with Gasteiger partial charge in [0.1, 0.15) is 16.5 Å². The van der Waals surface area contributed by atoms with Crippen LogP contribution in [0.15, 0.2) is 9.72 Å². The number of nitrogens with two attached hydrogens (primary N) is 1. The van der Waals surface area contributed by atoms with Gasteiger partial charge in [-0.3, -0.25) is 0 Å². The molecule has 0 aliphatic carbocycles. The van der Waals surface area contributed by atoms with Gasteiger partial charge in [-0.05, 0) is 26.3 Å². The summed E-state index contributed by atoms with van der Waals surface area (Å²) in [7, 11) is 0. The third kappa shape index (κ3) is 2.53. The molecule has 0 fully saturated rings. The Labute approximate surface area is 129 Å². The summed E-state index contributed by atoms with van der Waals surface area (Å²) in [5.74, 6) is 2.06. The molecule has 2 N–H and O–H groups in total. The predicted molar refractivity (Wildman–Crippen MR) is 87.7 cm³/mol. The molecule has 20 heavy (non-hydrogen) atoms. The van der Waals surface area contributed by atoms with Crippen molar-refractivity contribution < 1.29 is 0 Å². The highest BCUT2D eigenvalue weighted by molar-refractivity contribution is 8.00. The third-order valence-corrected chi connectivity index (χ3v) is 6.26. The molecule has 3 aromatic rings. The van der Waals surface area contributed by atoms with Crippen LogP contribution in [0.5, 0.6) is 0 Å². The number of nitrogen functional groups attached to an aromatic ring is 1. The number of thiophene rings is 1. The average Bonchev–Trinajstić information content (AvgIpc) is 2.92. The number of rotatable bonds is 3. The van der Waals surface area contributed by atoms with E-state index in [1.807, 2.05) is 12.3 Å². The first-order valence-electron chi connectivity index (χ1n) is 6.11. The summed E-state index contributed by atoms with van der Waals surface area (Å²) in [4.78, 5) is 15.7. The first kappa shape index (κ1) is 13.8. The van der Waals surface area contributed by atoms with Crippen LogP contribution in [0.2, 0.25) is 0 Å². The summed E-state index contributed by atoms with van der Waals surface area (Å²) in [5.41, 5.74) is 8.32. The van der Waals surface area contributed by atoms with Gasteiger partial charge in [0, 0.05) is 16.0 Å². The zero-order valence-electron chi connectivity index (χ0n) is 11.4. The van der Waals surface area contributed by atoms with Crippen molar-refractivity contribution in [3.05, 3.63) is 27.3 Å². The van der Waals surface area contributed by atoms with Crippen LogP contribution in [-0.4, -0.2) is 15.0 Å². The molecule has 3 rings (SSSR count). The number of hydrogen-bond acceptors (Lipinski definition) is 7. The zero-order valence-corrected chi connectivity index (χ0v) is 13.9. The van der Waals surface area contributed by atoms with E-state index in [0.717, 1.165) is 26.1 Å². The number of fused-ring (bicyclic) bond motifs is 1. The van der Waals surface area contributed by atoms with E-state index in [2.05, 4.69) is 28.8 Å². The van der Waals surface area contributed by atoms with Crippen molar-refractivity contribution in [1.29, 1.82) is 0 Å². The lowest BCUT2D eigenvalue weighted by Crippen LogP contribution is -1.99. The average molecular weight is 322 g/mol. The van der Waals surface area contributed by atoms with Crippen molar-refractivity contribution in [2.45, 2.75) is 30.9 Å². The van der Waals surface area contributed by atoms with Gasteiger partial charge in [-0.15, -0.1) is 22.7 Å². The Morgan fingerprint density at radius 2 is 2.00 bits per heavy atom. The molecule has 7 heteroatoms. The summed E-state index contributed by atoms with van der Waals surface area (Å²) < 4.78 is 1.04. The van der Waals surface area contributed by atoms with E-state index in [1.54, 1.807) is 34.4 Å². The second-order valence-corrected chi connectivity index (χ2v) is 7.82. The third-order valence-electron chi connectivity index (χ3n) is 3.03. The molecule has 0 unspecified atom stereocenters. The topological polar surface area (TPSA) is 64.7 Å². The van der Waals surface area contributed by atoms with E-state index >= 15 is 0 Å². The molecule has 3 heterocycles. The first-order valence-corrected chi connectivity index (χ1v) is 8.80. The standard InChI is InChI=1S/C13H14N4S3/c1-6-4-18-13(15-6)19-5-9-16-11(14)10-7(2)8(3)20-12(10)17-9/h4H,5H2,1-3H3,(H2,14,16,17). The minimum atomic E-state index is 0.586. The van der Waals surface area contributed by atoms with Crippen LogP contribution in [0.3, 0.4) is 0 Å². The van der Waals surface area contributed by atoms with Crippen molar-refractivity contribution in [3.63, 3.8) is 0 Å². The Balaban J connectivity index is 1.89. The first-order chi connectivity index (χ1) is 9.54. The van der Waals surface area contributed by atoms with E-state index in [0.29, 0.717) is 11.6 Å². The van der Waals surface area contributed by atoms with E-state index in [1.165, 1.54) is 10.4 Å². The van der Waals surface area contributed by atoms with Crippen LogP contribution in [0.1, 0.15) is 22.0 Å². The van der Waals surface area contributed by atoms with Crippen molar-refractivity contribution in [1.82, 2.24) is 15.0 Å². The Kier molecular flexibility index (Phi) is 3.66. The number of hydrogen-bond donors (Lipinski definition) is 1. The lowest BCUT2D eigenvalue weighted by molar-refractivity contribution is 1.07. The molecule has 104 valence electrons. The fourth-order valence-electron chi connectivity index (χ4n) is 1.92. The Morgan fingerprint density at radius 1 is 1.20 bits per heavy atom. The molecule has 0 aliphatic heterocycles. The monoisotopic (exact) mass is 322 g/mol. The zero-order chi connectivity index (χ0) is 14.3. The van der Waals surface area contributed by atoms with Gasteiger partial charge in [0.2, 0.25) is 0 Å². The second kappa shape index (κ2) is 5.31. The highest BCUT2D eigenvalue weighted by Gasteiger charge is 2.13. The number of thioether (sulfide) groups is 1. The lowest BCUT2D eigenvalue weighted by atomic mass is 10.2. The number of aromatic nitrogens is 3. The maximum absolute atomic E-state index is 6.08. The molecule has 0 aliphatic rings. The molecule has 0 saturated heterocycles. The molecular weight excluding hydrogens is 308 g/mol. The normalized spacial score (nSPS) is 11.3. The molecule has 3 aromatic heterocycles. The van der Waals surface area contributed by atoms with Gasteiger partial charge >= 0.3 is 0 Å². The molecule has 0 spiro atoms. The van der Waals surface area contributed by atoms with Crippen molar-refractivity contribution >= 4 is 50.5 Å². The summed E-state index contributed by atoms with van der Waals surface area (Å²) in [6, 6.07) is 0. The van der Waals surface area contributed by atoms with Gasteiger partial charge in [0.05, 0.1) is 11.1 Å². The summed E-state index contributed by atoms with van der Waals surface area (Å²) in [6.45, 7) is 6.16. The fourth-order valence-corrected chi connectivity index (χ4v) is 4.68. The highest BCUT2D eigenvalue weighted by atomic mass is 32.2. The molecule has 0 radical (unpaired) electrons. The van der Waals surface area contributed by atoms with Crippen LogP contribution in [-0.2, 0) is 5.75 Å². The largest absolute Gasteiger partial charge is 0.383 e. The van der Waals surface area contributed by atoms with E-state index in [-0.39, 0.29) is 0 Å². The van der Waals surface area contributed by atoms with Crippen LogP contribution >= 0.6 is 34.4 Å². The number of thiazole rings is 1. The quantitative estimate of drug-likeness (QED) is 0.740. The summed E-state index contributed by atoms with van der Waals surface area (Å²) in [6.07, 6.45) is 0. The van der Waals surface area contributed by atoms with Gasteiger partial charge in [0.15, 0.2) is 4.34 Å². The Morgan fingerprint density at radius 3 is 2.70 bits per heavy atom. The van der Waals surface area contributed by atoms with Crippen LogP contribution in [0.25, 0.3) is 10.2 Å². The molecule has 0 bridgehead atoms. The minimum absolute atomic E-state index is 0.586.